The SMILES string of the molecule is CC(=O)CC(=O)OC(=O)[C@H](O)[C@@H](O)[C@H](O)[C@H](O)CO. The molecule has 9 heteroatoms. The summed E-state index contributed by atoms with van der Waals surface area (Å²) in [5.74, 6) is -3.37. The lowest BCUT2D eigenvalue weighted by Crippen LogP contribution is -2.49. The van der Waals surface area contributed by atoms with Gasteiger partial charge in [-0.3, -0.25) is 9.59 Å². The lowest BCUT2D eigenvalue weighted by Gasteiger charge is -2.24. The second kappa shape index (κ2) is 7.92. The van der Waals surface area contributed by atoms with Crippen LogP contribution in [0.25, 0.3) is 0 Å². The molecule has 9 nitrogen and oxygen atoms in total. The zero-order valence-electron chi connectivity index (χ0n) is 10.1. The first-order valence-electron chi connectivity index (χ1n) is 5.27. The van der Waals surface area contributed by atoms with Crippen LogP contribution >= 0.6 is 0 Å². The highest BCUT2D eigenvalue weighted by Gasteiger charge is 2.36. The molecule has 0 saturated heterocycles. The van der Waals surface area contributed by atoms with E-state index in [1.807, 2.05) is 0 Å². The zero-order chi connectivity index (χ0) is 15.2. The van der Waals surface area contributed by atoms with Crippen molar-refractivity contribution in [3.05, 3.63) is 0 Å². The third-order valence-electron chi connectivity index (χ3n) is 2.10. The molecule has 4 atom stereocenters. The first-order valence-corrected chi connectivity index (χ1v) is 5.27. The number of esters is 2. The maximum Gasteiger partial charge on any atom is 0.345 e. The molecular formula is C10H16O9. The van der Waals surface area contributed by atoms with Crippen molar-refractivity contribution >= 4 is 17.7 Å². The van der Waals surface area contributed by atoms with Crippen molar-refractivity contribution in [2.45, 2.75) is 37.8 Å². The van der Waals surface area contributed by atoms with E-state index in [2.05, 4.69) is 4.74 Å². The first-order chi connectivity index (χ1) is 8.70. The Bertz CT molecular complexity index is 340. The fourth-order valence-electron chi connectivity index (χ4n) is 1.07. The quantitative estimate of drug-likeness (QED) is 0.235. The van der Waals surface area contributed by atoms with Crippen LogP contribution in [0.1, 0.15) is 13.3 Å². The van der Waals surface area contributed by atoms with E-state index >= 15 is 0 Å². The molecule has 5 N–H and O–H groups in total. The average Bonchev–Trinajstić information content (AvgIpc) is 2.33. The van der Waals surface area contributed by atoms with Crippen LogP contribution in [0.3, 0.4) is 0 Å². The minimum absolute atomic E-state index is 0.566. The van der Waals surface area contributed by atoms with Crippen molar-refractivity contribution in [3.8, 4) is 0 Å². The molecule has 0 aromatic carbocycles. The topological polar surface area (TPSA) is 162 Å². The third-order valence-corrected chi connectivity index (χ3v) is 2.10. The summed E-state index contributed by atoms with van der Waals surface area (Å²) in [6.07, 6.45) is -8.97. The van der Waals surface area contributed by atoms with Crippen molar-refractivity contribution in [1.29, 1.82) is 0 Å². The van der Waals surface area contributed by atoms with Gasteiger partial charge in [-0.05, 0) is 6.92 Å². The first kappa shape index (κ1) is 17.6. The number of ketones is 1. The summed E-state index contributed by atoms with van der Waals surface area (Å²) in [5, 5.41) is 45.3. The van der Waals surface area contributed by atoms with E-state index in [0.29, 0.717) is 0 Å². The largest absolute Gasteiger partial charge is 0.394 e. The van der Waals surface area contributed by atoms with Crippen LogP contribution in [-0.2, 0) is 19.1 Å². The highest BCUT2D eigenvalue weighted by Crippen LogP contribution is 2.07. The number of aliphatic hydroxyl groups excluding tert-OH is 5. The van der Waals surface area contributed by atoms with Crippen molar-refractivity contribution < 1.29 is 44.7 Å². The van der Waals surface area contributed by atoms with Gasteiger partial charge in [0.1, 0.15) is 30.5 Å². The molecule has 110 valence electrons. The number of rotatable bonds is 7. The standard InChI is InChI=1S/C10H16O9/c1-4(12)2-6(14)19-10(18)9(17)8(16)7(15)5(13)3-11/h5,7-9,11,13,15-17H,2-3H2,1H3/t5-,7-,8+,9-/m1/s1. The van der Waals surface area contributed by atoms with Gasteiger partial charge in [-0.1, -0.05) is 0 Å². The van der Waals surface area contributed by atoms with E-state index in [0.717, 1.165) is 6.92 Å². The fraction of sp³-hybridized carbons (Fsp3) is 0.700. The van der Waals surface area contributed by atoms with Crippen molar-refractivity contribution in [3.63, 3.8) is 0 Å². The lowest BCUT2D eigenvalue weighted by molar-refractivity contribution is -0.176. The summed E-state index contributed by atoms with van der Waals surface area (Å²) in [4.78, 5) is 32.7. The molecule has 0 aliphatic rings. The predicted molar refractivity (Wildman–Crippen MR) is 57.5 cm³/mol. The molecule has 0 unspecified atom stereocenters. The zero-order valence-corrected chi connectivity index (χ0v) is 10.1. The summed E-state index contributed by atoms with van der Waals surface area (Å²) >= 11 is 0. The normalized spacial score (nSPS) is 17.2. The second-order valence-corrected chi connectivity index (χ2v) is 3.85. The molecular weight excluding hydrogens is 264 g/mol. The number of hydrogen-bond acceptors (Lipinski definition) is 9. The van der Waals surface area contributed by atoms with Gasteiger partial charge >= 0.3 is 11.9 Å². The highest BCUT2D eigenvalue weighted by molar-refractivity contribution is 5.98. The highest BCUT2D eigenvalue weighted by atomic mass is 16.6. The van der Waals surface area contributed by atoms with Crippen molar-refractivity contribution in [1.82, 2.24) is 0 Å². The van der Waals surface area contributed by atoms with E-state index in [1.54, 1.807) is 0 Å². The Morgan fingerprint density at radius 2 is 1.58 bits per heavy atom. The molecule has 0 spiro atoms. The van der Waals surface area contributed by atoms with Gasteiger partial charge in [0.05, 0.1) is 6.61 Å². The third kappa shape index (κ3) is 5.85. The summed E-state index contributed by atoms with van der Waals surface area (Å²) < 4.78 is 4.04. The summed E-state index contributed by atoms with van der Waals surface area (Å²) in [5.41, 5.74) is 0. The summed E-state index contributed by atoms with van der Waals surface area (Å²) in [6, 6.07) is 0. The van der Waals surface area contributed by atoms with Crippen LogP contribution in [0, 0.1) is 0 Å². The van der Waals surface area contributed by atoms with Gasteiger partial charge in [0.2, 0.25) is 0 Å². The Hall–Kier alpha value is -1.39. The van der Waals surface area contributed by atoms with Crippen molar-refractivity contribution in [2.24, 2.45) is 0 Å². The van der Waals surface area contributed by atoms with Crippen LogP contribution in [-0.4, -0.2) is 74.3 Å². The van der Waals surface area contributed by atoms with E-state index in [9.17, 15) is 29.7 Å². The monoisotopic (exact) mass is 280 g/mol. The van der Waals surface area contributed by atoms with E-state index in [4.69, 9.17) is 10.2 Å². The second-order valence-electron chi connectivity index (χ2n) is 3.85. The molecule has 0 rings (SSSR count). The number of Topliss-reactive ketones (excluding diaryl/α,β-unsaturated/α-hetero) is 1. The van der Waals surface area contributed by atoms with Gasteiger partial charge in [0, 0.05) is 0 Å². The van der Waals surface area contributed by atoms with Gasteiger partial charge in [-0.2, -0.15) is 0 Å². The minimum atomic E-state index is -2.31. The fourth-order valence-corrected chi connectivity index (χ4v) is 1.07. The van der Waals surface area contributed by atoms with Crippen LogP contribution in [0.5, 0.6) is 0 Å². The van der Waals surface area contributed by atoms with Crippen LogP contribution < -0.4 is 0 Å². The average molecular weight is 280 g/mol. The molecule has 0 bridgehead atoms. The van der Waals surface area contributed by atoms with E-state index in [-0.39, 0.29) is 0 Å². The predicted octanol–water partition coefficient (Wildman–Crippen LogP) is -3.53. The van der Waals surface area contributed by atoms with Crippen LogP contribution in [0.2, 0.25) is 0 Å². The molecule has 0 aromatic heterocycles. The number of ether oxygens (including phenoxy) is 1. The number of aliphatic hydroxyl groups is 5. The van der Waals surface area contributed by atoms with E-state index < -0.39 is 55.2 Å². The van der Waals surface area contributed by atoms with Gasteiger partial charge in [0.15, 0.2) is 6.10 Å². The Morgan fingerprint density at radius 1 is 1.05 bits per heavy atom. The van der Waals surface area contributed by atoms with Crippen LogP contribution in [0.4, 0.5) is 0 Å². The van der Waals surface area contributed by atoms with Crippen LogP contribution in [0.15, 0.2) is 0 Å². The molecule has 0 saturated carbocycles. The van der Waals surface area contributed by atoms with E-state index in [1.165, 1.54) is 0 Å². The Kier molecular flexibility index (Phi) is 7.34. The molecule has 0 aliphatic carbocycles. The summed E-state index contributed by atoms with van der Waals surface area (Å²) in [6.45, 7) is 0.168. The Labute approximate surface area is 108 Å². The smallest absolute Gasteiger partial charge is 0.345 e. The van der Waals surface area contributed by atoms with Gasteiger partial charge in [-0.15, -0.1) is 0 Å². The van der Waals surface area contributed by atoms with Gasteiger partial charge in [-0.25, -0.2) is 4.79 Å². The molecule has 0 aromatic rings. The Balaban J connectivity index is 4.47. The maximum absolute atomic E-state index is 11.2. The van der Waals surface area contributed by atoms with Gasteiger partial charge in [0.25, 0.3) is 0 Å². The molecule has 0 aliphatic heterocycles. The molecule has 0 amide bonds. The Morgan fingerprint density at radius 3 is 2.00 bits per heavy atom. The van der Waals surface area contributed by atoms with Crippen molar-refractivity contribution in [2.75, 3.05) is 6.61 Å². The molecule has 0 heterocycles. The minimum Gasteiger partial charge on any atom is -0.394 e. The summed E-state index contributed by atoms with van der Waals surface area (Å²) in [7, 11) is 0. The lowest BCUT2D eigenvalue weighted by atomic mass is 10.0. The molecule has 0 fully saturated rings. The molecule has 19 heavy (non-hydrogen) atoms. The number of hydrogen-bond donors (Lipinski definition) is 5. The maximum atomic E-state index is 11.2. The number of carbonyl (C=O) groups excluding carboxylic acids is 3. The van der Waals surface area contributed by atoms with Gasteiger partial charge < -0.3 is 30.3 Å². The molecule has 0 radical (unpaired) electrons. The number of carbonyl (C=O) groups is 3.